The van der Waals surface area contributed by atoms with Gasteiger partial charge in [0.25, 0.3) is 0 Å². The fourth-order valence-electron chi connectivity index (χ4n) is 2.12. The summed E-state index contributed by atoms with van der Waals surface area (Å²) in [7, 11) is 5.31. The van der Waals surface area contributed by atoms with Gasteiger partial charge in [0.2, 0.25) is 12.8 Å². The van der Waals surface area contributed by atoms with Crippen LogP contribution in [0.5, 0.6) is 0 Å². The Kier molecular flexibility index (Phi) is 11.1. The Bertz CT molecular complexity index is 811. The number of amidine groups is 1. The Morgan fingerprint density at radius 2 is 1.97 bits per heavy atom. The van der Waals surface area contributed by atoms with E-state index in [-0.39, 0.29) is 0 Å². The molecule has 0 saturated carbocycles. The molecule has 1 rings (SSSR count). The van der Waals surface area contributed by atoms with Gasteiger partial charge in [0.15, 0.2) is 0 Å². The summed E-state index contributed by atoms with van der Waals surface area (Å²) in [4.78, 5) is 26.4. The van der Waals surface area contributed by atoms with Crippen LogP contribution >= 0.6 is 11.3 Å². The molecule has 0 spiro atoms. The van der Waals surface area contributed by atoms with Gasteiger partial charge in [-0.05, 0) is 17.8 Å². The van der Waals surface area contributed by atoms with Crippen LogP contribution in [0.1, 0.15) is 16.3 Å². The molecule has 0 fully saturated rings. The van der Waals surface area contributed by atoms with Gasteiger partial charge in [-0.25, -0.2) is 15.8 Å². The molecule has 0 aliphatic heterocycles. The first-order chi connectivity index (χ1) is 14.1. The topological polar surface area (TPSA) is 132 Å². The van der Waals surface area contributed by atoms with E-state index in [1.807, 2.05) is 25.4 Å². The minimum atomic E-state index is 0.397. The molecule has 10 nitrogen and oxygen atoms in total. The number of allylic oxidation sites excluding steroid dienone is 3. The van der Waals surface area contributed by atoms with Crippen molar-refractivity contribution >= 4 is 47.6 Å². The van der Waals surface area contributed by atoms with Gasteiger partial charge in [-0.15, -0.1) is 11.3 Å². The molecule has 1 aromatic heterocycles. The molecule has 0 unspecified atom stereocenters. The number of carbonyl (C=O) groups is 2. The molecular formula is C18H26N8O2S. The lowest BCUT2D eigenvalue weighted by atomic mass is 10.2. The van der Waals surface area contributed by atoms with Crippen molar-refractivity contribution in [2.24, 2.45) is 10.2 Å². The van der Waals surface area contributed by atoms with E-state index in [9.17, 15) is 9.59 Å². The third-order valence-corrected chi connectivity index (χ3v) is 4.53. The molecule has 0 aliphatic rings. The normalized spacial score (nSPS) is 12.1. The van der Waals surface area contributed by atoms with Gasteiger partial charge < -0.3 is 16.0 Å². The minimum absolute atomic E-state index is 0.397. The van der Waals surface area contributed by atoms with Crippen molar-refractivity contribution in [3.05, 3.63) is 40.4 Å². The SMILES string of the molecule is C=C(/C=C\NC)Cc1nc(NC)c(C(/C=N\NC=O)=C/C/C(=N/NC=O)NC)s1. The number of nitrogens with zero attached hydrogens (tertiary/aromatic N) is 3. The fourth-order valence-corrected chi connectivity index (χ4v) is 3.24. The minimum Gasteiger partial charge on any atom is -0.394 e. The molecule has 0 aromatic carbocycles. The number of amides is 2. The van der Waals surface area contributed by atoms with Crippen molar-refractivity contribution < 1.29 is 9.59 Å². The third kappa shape index (κ3) is 8.39. The number of anilines is 1. The highest BCUT2D eigenvalue weighted by molar-refractivity contribution is 7.13. The molecule has 1 aromatic rings. The molecule has 29 heavy (non-hydrogen) atoms. The second-order valence-electron chi connectivity index (χ2n) is 5.42. The molecule has 156 valence electrons. The zero-order valence-electron chi connectivity index (χ0n) is 16.7. The Morgan fingerprint density at radius 3 is 2.59 bits per heavy atom. The lowest BCUT2D eigenvalue weighted by molar-refractivity contribution is -0.110. The molecule has 0 aliphatic carbocycles. The van der Waals surface area contributed by atoms with Crippen LogP contribution in [0.15, 0.2) is 40.7 Å². The summed E-state index contributed by atoms with van der Waals surface area (Å²) >= 11 is 1.49. The molecule has 2 amide bonds. The van der Waals surface area contributed by atoms with Crippen LogP contribution < -0.4 is 26.8 Å². The van der Waals surface area contributed by atoms with E-state index in [2.05, 4.69) is 48.6 Å². The molecule has 0 saturated heterocycles. The monoisotopic (exact) mass is 418 g/mol. The maximum absolute atomic E-state index is 10.5. The van der Waals surface area contributed by atoms with Crippen LogP contribution in [-0.2, 0) is 16.0 Å². The number of aromatic nitrogens is 1. The Balaban J connectivity index is 3.21. The summed E-state index contributed by atoms with van der Waals surface area (Å²) < 4.78 is 0. The van der Waals surface area contributed by atoms with Crippen molar-refractivity contribution in [1.82, 2.24) is 26.5 Å². The third-order valence-electron chi connectivity index (χ3n) is 3.42. The summed E-state index contributed by atoms with van der Waals surface area (Å²) in [5.74, 6) is 1.24. The second-order valence-corrected chi connectivity index (χ2v) is 6.50. The lowest BCUT2D eigenvalue weighted by Gasteiger charge is -2.05. The Hall–Kier alpha value is -3.47. The number of hydrogen-bond acceptors (Lipinski definition) is 8. The Labute approximate surface area is 174 Å². The number of thiazole rings is 1. The quantitative estimate of drug-likeness (QED) is 0.106. The predicted octanol–water partition coefficient (Wildman–Crippen LogP) is 0.801. The molecule has 5 N–H and O–H groups in total. The predicted molar refractivity (Wildman–Crippen MR) is 119 cm³/mol. The van der Waals surface area contributed by atoms with E-state index in [0.29, 0.717) is 37.3 Å². The molecule has 11 heteroatoms. The molecule has 0 bridgehead atoms. The van der Waals surface area contributed by atoms with Crippen molar-refractivity contribution in [2.75, 3.05) is 26.5 Å². The van der Waals surface area contributed by atoms with Gasteiger partial charge >= 0.3 is 0 Å². The van der Waals surface area contributed by atoms with Crippen LogP contribution in [0.25, 0.3) is 5.57 Å². The molecule has 0 radical (unpaired) electrons. The van der Waals surface area contributed by atoms with E-state index in [0.717, 1.165) is 21.0 Å². The maximum atomic E-state index is 10.5. The fraction of sp³-hybridized carbons (Fsp3) is 0.278. The number of rotatable bonds is 13. The Morgan fingerprint density at radius 1 is 1.21 bits per heavy atom. The van der Waals surface area contributed by atoms with Crippen LogP contribution in [0.2, 0.25) is 0 Å². The van der Waals surface area contributed by atoms with Crippen LogP contribution in [0.4, 0.5) is 5.82 Å². The summed E-state index contributed by atoms with van der Waals surface area (Å²) in [5.41, 5.74) is 6.17. The van der Waals surface area contributed by atoms with Crippen molar-refractivity contribution in [3.8, 4) is 0 Å². The first-order valence-corrected chi connectivity index (χ1v) is 9.46. The maximum Gasteiger partial charge on any atom is 0.227 e. The van der Waals surface area contributed by atoms with E-state index >= 15 is 0 Å². The van der Waals surface area contributed by atoms with Gasteiger partial charge in [-0.3, -0.25) is 9.59 Å². The number of carbonyl (C=O) groups excluding carboxylic acids is 2. The largest absolute Gasteiger partial charge is 0.394 e. The second kappa shape index (κ2) is 13.7. The number of hydrogen-bond donors (Lipinski definition) is 5. The highest BCUT2D eigenvalue weighted by atomic mass is 32.1. The van der Waals surface area contributed by atoms with E-state index in [1.54, 1.807) is 14.1 Å². The van der Waals surface area contributed by atoms with E-state index in [1.165, 1.54) is 17.6 Å². The highest BCUT2D eigenvalue weighted by Crippen LogP contribution is 2.31. The van der Waals surface area contributed by atoms with Gasteiger partial charge in [-0.1, -0.05) is 12.7 Å². The molecule has 1 heterocycles. The van der Waals surface area contributed by atoms with Crippen molar-refractivity contribution in [1.29, 1.82) is 0 Å². The highest BCUT2D eigenvalue weighted by Gasteiger charge is 2.14. The summed E-state index contributed by atoms with van der Waals surface area (Å²) in [6.07, 6.45) is 9.06. The van der Waals surface area contributed by atoms with Gasteiger partial charge in [0, 0.05) is 39.6 Å². The van der Waals surface area contributed by atoms with Crippen LogP contribution in [0.3, 0.4) is 0 Å². The average Bonchev–Trinajstić information content (AvgIpc) is 3.13. The zero-order valence-corrected chi connectivity index (χ0v) is 17.5. The summed E-state index contributed by atoms with van der Waals surface area (Å²) in [6, 6.07) is 0. The van der Waals surface area contributed by atoms with Crippen LogP contribution in [-0.4, -0.2) is 51.0 Å². The van der Waals surface area contributed by atoms with Gasteiger partial charge in [-0.2, -0.15) is 10.2 Å². The zero-order chi connectivity index (χ0) is 21.5. The summed E-state index contributed by atoms with van der Waals surface area (Å²) in [5, 5.41) is 17.6. The number of hydrazone groups is 2. The van der Waals surface area contributed by atoms with Crippen molar-refractivity contribution in [3.63, 3.8) is 0 Å². The van der Waals surface area contributed by atoms with Crippen LogP contribution in [0, 0.1) is 0 Å². The molecule has 0 atom stereocenters. The molecular weight excluding hydrogens is 392 g/mol. The van der Waals surface area contributed by atoms with Crippen molar-refractivity contribution in [2.45, 2.75) is 12.8 Å². The van der Waals surface area contributed by atoms with Gasteiger partial charge in [0.05, 0.1) is 16.1 Å². The lowest BCUT2D eigenvalue weighted by Crippen LogP contribution is -2.21. The van der Waals surface area contributed by atoms with Gasteiger partial charge in [0.1, 0.15) is 11.7 Å². The first kappa shape index (κ1) is 23.6. The standard InChI is InChI=1S/C18H26N8O2S/c1-13(7-8-19-2)9-16-25-18(21-4)17(29-16)14(10-22-23-11-27)5-6-15(20-3)26-24-12-28/h5,7-8,10-12,19,21H,1,6,9H2,2-4H3,(H,20,26)(H,23,27)(H,24,28)/b8-7-,14-5+,22-10-. The average molecular weight is 419 g/mol. The first-order valence-electron chi connectivity index (χ1n) is 8.64. The van der Waals surface area contributed by atoms with E-state index < -0.39 is 0 Å². The summed E-state index contributed by atoms with van der Waals surface area (Å²) in [6.45, 7) is 4.03. The smallest absolute Gasteiger partial charge is 0.227 e. The van der Waals surface area contributed by atoms with E-state index in [4.69, 9.17) is 0 Å². The number of nitrogens with one attached hydrogen (secondary N) is 5.